The number of hydrogen-bond acceptors (Lipinski definition) is 4. The predicted molar refractivity (Wildman–Crippen MR) is 89.4 cm³/mol. The average Bonchev–Trinajstić information content (AvgIpc) is 2.87. The van der Waals surface area contributed by atoms with E-state index in [4.69, 9.17) is 9.47 Å². The molecule has 116 valence electrons. The first-order valence-electron chi connectivity index (χ1n) is 7.35. The largest absolute Gasteiger partial charge is 0.497 e. The zero-order valence-corrected chi connectivity index (χ0v) is 13.1. The standard InChI is InChI=1S/C19H17NO3/c1-13-4-3-5-15(10-13)11-17-19(21)23-18(20-17)12-14-6-8-16(22-2)9-7-14/h3-11H,12H2,1-2H3/b17-11+. The van der Waals surface area contributed by atoms with Gasteiger partial charge in [0.05, 0.1) is 7.11 Å². The van der Waals surface area contributed by atoms with Crippen molar-refractivity contribution in [1.82, 2.24) is 0 Å². The van der Waals surface area contributed by atoms with Gasteiger partial charge in [-0.1, -0.05) is 42.0 Å². The Hall–Kier alpha value is -2.88. The minimum Gasteiger partial charge on any atom is -0.497 e. The van der Waals surface area contributed by atoms with E-state index in [2.05, 4.69) is 4.99 Å². The summed E-state index contributed by atoms with van der Waals surface area (Å²) in [6, 6.07) is 15.5. The summed E-state index contributed by atoms with van der Waals surface area (Å²) >= 11 is 0. The summed E-state index contributed by atoms with van der Waals surface area (Å²) in [6.07, 6.45) is 2.22. The maximum atomic E-state index is 11.9. The van der Waals surface area contributed by atoms with Crippen LogP contribution in [0.15, 0.2) is 59.2 Å². The first-order chi connectivity index (χ1) is 11.1. The molecule has 0 aromatic heterocycles. The first-order valence-corrected chi connectivity index (χ1v) is 7.35. The van der Waals surface area contributed by atoms with Gasteiger partial charge in [0.15, 0.2) is 5.70 Å². The average molecular weight is 307 g/mol. The van der Waals surface area contributed by atoms with Crippen molar-refractivity contribution in [3.63, 3.8) is 0 Å². The molecule has 0 spiro atoms. The van der Waals surface area contributed by atoms with Gasteiger partial charge >= 0.3 is 5.97 Å². The van der Waals surface area contributed by atoms with Crippen molar-refractivity contribution in [3.05, 3.63) is 70.9 Å². The third kappa shape index (κ3) is 3.66. The topological polar surface area (TPSA) is 47.9 Å². The van der Waals surface area contributed by atoms with Gasteiger partial charge in [-0.15, -0.1) is 0 Å². The summed E-state index contributed by atoms with van der Waals surface area (Å²) in [7, 11) is 1.63. The lowest BCUT2D eigenvalue weighted by atomic mass is 10.1. The van der Waals surface area contributed by atoms with Crippen LogP contribution in [0.3, 0.4) is 0 Å². The van der Waals surface area contributed by atoms with Gasteiger partial charge in [-0.05, 0) is 36.3 Å². The zero-order chi connectivity index (χ0) is 16.2. The van der Waals surface area contributed by atoms with Gasteiger partial charge in [-0.25, -0.2) is 9.79 Å². The Bertz CT molecular complexity index is 789. The second-order valence-corrected chi connectivity index (χ2v) is 5.36. The molecule has 0 amide bonds. The van der Waals surface area contributed by atoms with Crippen molar-refractivity contribution >= 4 is 17.9 Å². The van der Waals surface area contributed by atoms with Crippen LogP contribution in [-0.4, -0.2) is 19.0 Å². The molecule has 0 radical (unpaired) electrons. The second kappa shape index (κ2) is 6.48. The van der Waals surface area contributed by atoms with Crippen LogP contribution in [0.25, 0.3) is 6.08 Å². The minimum atomic E-state index is -0.407. The Morgan fingerprint density at radius 1 is 1.17 bits per heavy atom. The van der Waals surface area contributed by atoms with E-state index in [1.165, 1.54) is 0 Å². The van der Waals surface area contributed by atoms with E-state index < -0.39 is 5.97 Å². The van der Waals surface area contributed by atoms with Gasteiger partial charge in [0.2, 0.25) is 5.90 Å². The highest BCUT2D eigenvalue weighted by atomic mass is 16.6. The Balaban J connectivity index is 1.78. The summed E-state index contributed by atoms with van der Waals surface area (Å²) < 4.78 is 10.4. The van der Waals surface area contributed by atoms with Gasteiger partial charge < -0.3 is 9.47 Å². The number of carbonyl (C=O) groups is 1. The third-order valence-corrected chi connectivity index (χ3v) is 3.52. The molecular weight excluding hydrogens is 290 g/mol. The second-order valence-electron chi connectivity index (χ2n) is 5.36. The number of methoxy groups -OCH3 is 1. The summed E-state index contributed by atoms with van der Waals surface area (Å²) in [6.45, 7) is 2.01. The lowest BCUT2D eigenvalue weighted by Gasteiger charge is -2.02. The number of rotatable bonds is 4. The number of benzene rings is 2. The molecule has 0 saturated carbocycles. The monoisotopic (exact) mass is 307 g/mol. The summed E-state index contributed by atoms with van der Waals surface area (Å²) in [5, 5.41) is 0. The summed E-state index contributed by atoms with van der Waals surface area (Å²) in [5.41, 5.74) is 3.41. The van der Waals surface area contributed by atoms with Crippen molar-refractivity contribution in [2.45, 2.75) is 13.3 Å². The molecule has 0 unspecified atom stereocenters. The number of cyclic esters (lactones) is 1. The number of aryl methyl sites for hydroxylation is 1. The Kier molecular flexibility index (Phi) is 4.24. The number of nitrogens with zero attached hydrogens (tertiary/aromatic N) is 1. The highest BCUT2D eigenvalue weighted by molar-refractivity contribution is 6.07. The van der Waals surface area contributed by atoms with Crippen molar-refractivity contribution in [2.75, 3.05) is 7.11 Å². The molecule has 0 saturated heterocycles. The van der Waals surface area contributed by atoms with Crippen LogP contribution in [0, 0.1) is 6.92 Å². The Morgan fingerprint density at radius 3 is 2.65 bits per heavy atom. The Labute approximate surface area is 135 Å². The maximum Gasteiger partial charge on any atom is 0.363 e. The molecule has 0 atom stereocenters. The quantitative estimate of drug-likeness (QED) is 0.641. The van der Waals surface area contributed by atoms with Crippen LogP contribution in [-0.2, 0) is 16.0 Å². The van der Waals surface area contributed by atoms with E-state index in [1.54, 1.807) is 13.2 Å². The van der Waals surface area contributed by atoms with E-state index in [1.807, 2.05) is 55.5 Å². The lowest BCUT2D eigenvalue weighted by Crippen LogP contribution is -2.06. The van der Waals surface area contributed by atoms with Gasteiger partial charge in [0.25, 0.3) is 0 Å². The van der Waals surface area contributed by atoms with E-state index in [0.717, 1.165) is 22.4 Å². The number of hydrogen-bond donors (Lipinski definition) is 0. The van der Waals surface area contributed by atoms with Crippen LogP contribution in [0.4, 0.5) is 0 Å². The van der Waals surface area contributed by atoms with Crippen LogP contribution >= 0.6 is 0 Å². The molecule has 1 aliphatic rings. The fraction of sp³-hybridized carbons (Fsp3) is 0.158. The Morgan fingerprint density at radius 2 is 1.96 bits per heavy atom. The molecular formula is C19H17NO3. The van der Waals surface area contributed by atoms with E-state index in [9.17, 15) is 4.79 Å². The molecule has 0 aliphatic carbocycles. The van der Waals surface area contributed by atoms with Gasteiger partial charge in [-0.2, -0.15) is 0 Å². The van der Waals surface area contributed by atoms with Crippen LogP contribution in [0.5, 0.6) is 5.75 Å². The zero-order valence-electron chi connectivity index (χ0n) is 13.1. The van der Waals surface area contributed by atoms with Crippen LogP contribution in [0.1, 0.15) is 16.7 Å². The molecule has 0 bridgehead atoms. The molecule has 3 rings (SSSR count). The normalized spacial score (nSPS) is 15.5. The summed E-state index contributed by atoms with van der Waals surface area (Å²) in [4.78, 5) is 16.2. The minimum absolute atomic E-state index is 0.333. The van der Waals surface area contributed by atoms with Gasteiger partial charge in [0, 0.05) is 6.42 Å². The number of ether oxygens (including phenoxy) is 2. The molecule has 23 heavy (non-hydrogen) atoms. The first kappa shape index (κ1) is 15.0. The van der Waals surface area contributed by atoms with E-state index in [0.29, 0.717) is 18.0 Å². The van der Waals surface area contributed by atoms with Crippen molar-refractivity contribution in [1.29, 1.82) is 0 Å². The highest BCUT2D eigenvalue weighted by Crippen LogP contribution is 2.19. The van der Waals surface area contributed by atoms with Crippen molar-refractivity contribution in [2.24, 2.45) is 4.99 Å². The number of carbonyl (C=O) groups excluding carboxylic acids is 1. The van der Waals surface area contributed by atoms with Crippen molar-refractivity contribution in [3.8, 4) is 5.75 Å². The molecule has 2 aromatic carbocycles. The fourth-order valence-electron chi connectivity index (χ4n) is 2.36. The van der Waals surface area contributed by atoms with Crippen LogP contribution in [0.2, 0.25) is 0 Å². The summed E-state index contributed by atoms with van der Waals surface area (Å²) in [5.74, 6) is 0.799. The number of esters is 1. The molecule has 0 fully saturated rings. The molecule has 1 aliphatic heterocycles. The van der Waals surface area contributed by atoms with E-state index >= 15 is 0 Å². The smallest absolute Gasteiger partial charge is 0.363 e. The SMILES string of the molecule is COc1ccc(CC2=N/C(=C/c3cccc(C)c3)C(=O)O2)cc1. The van der Waals surface area contributed by atoms with E-state index in [-0.39, 0.29) is 0 Å². The fourth-order valence-corrected chi connectivity index (χ4v) is 2.36. The molecule has 2 aromatic rings. The number of aliphatic imine (C=N–C) groups is 1. The molecule has 0 N–H and O–H groups in total. The van der Waals surface area contributed by atoms with Crippen LogP contribution < -0.4 is 4.74 Å². The van der Waals surface area contributed by atoms with Crippen molar-refractivity contribution < 1.29 is 14.3 Å². The molecule has 4 heteroatoms. The lowest BCUT2D eigenvalue weighted by molar-refractivity contribution is -0.130. The molecule has 1 heterocycles. The maximum absolute atomic E-state index is 11.9. The third-order valence-electron chi connectivity index (χ3n) is 3.52. The predicted octanol–water partition coefficient (Wildman–Crippen LogP) is 3.54. The highest BCUT2D eigenvalue weighted by Gasteiger charge is 2.22. The molecule has 4 nitrogen and oxygen atoms in total. The van der Waals surface area contributed by atoms with Gasteiger partial charge in [-0.3, -0.25) is 0 Å². The van der Waals surface area contributed by atoms with Gasteiger partial charge in [0.1, 0.15) is 5.75 Å².